The molecule has 1 fully saturated rings. The second kappa shape index (κ2) is 7.96. The number of hydrogen-bond donors (Lipinski definition) is 3. The smallest absolute Gasteiger partial charge is 0.295 e. The van der Waals surface area contributed by atoms with Crippen LogP contribution in [0.3, 0.4) is 0 Å². The fourth-order valence-electron chi connectivity index (χ4n) is 3.61. The first-order chi connectivity index (χ1) is 13.6. The van der Waals surface area contributed by atoms with Crippen LogP contribution in [0.5, 0.6) is 0 Å². The number of alkyl halides is 2. The van der Waals surface area contributed by atoms with E-state index in [1.165, 1.54) is 38.2 Å². The molecule has 1 amide bonds. The summed E-state index contributed by atoms with van der Waals surface area (Å²) in [6.45, 7) is 0. The van der Waals surface area contributed by atoms with Gasteiger partial charge in [-0.3, -0.25) is 4.79 Å². The number of nitrogens with zero attached hydrogens (tertiary/aromatic N) is 1. The van der Waals surface area contributed by atoms with Crippen LogP contribution in [-0.2, 0) is 0 Å². The molecule has 1 aliphatic carbocycles. The number of H-pyrrole nitrogens is 1. The summed E-state index contributed by atoms with van der Waals surface area (Å²) < 4.78 is 25.5. The van der Waals surface area contributed by atoms with Crippen molar-refractivity contribution in [2.24, 2.45) is 0 Å². The zero-order chi connectivity index (χ0) is 19.5. The number of nitrogens with one attached hydrogen (secondary N) is 3. The molecule has 3 aromatic rings. The van der Waals surface area contributed by atoms with E-state index in [-0.39, 0.29) is 5.91 Å². The molecule has 1 heterocycles. The molecule has 2 aromatic carbocycles. The first-order valence-electron chi connectivity index (χ1n) is 9.54. The van der Waals surface area contributed by atoms with Gasteiger partial charge in [-0.1, -0.05) is 19.3 Å². The highest BCUT2D eigenvalue weighted by molar-refractivity contribution is 6.06. The molecule has 1 aromatic heterocycles. The molecule has 5 nitrogen and oxygen atoms in total. The Bertz CT molecular complexity index is 962. The van der Waals surface area contributed by atoms with Gasteiger partial charge in [0, 0.05) is 23.0 Å². The summed E-state index contributed by atoms with van der Waals surface area (Å²) >= 11 is 0. The van der Waals surface area contributed by atoms with Gasteiger partial charge in [-0.15, -0.1) is 0 Å². The van der Waals surface area contributed by atoms with Crippen molar-refractivity contribution < 1.29 is 13.6 Å². The van der Waals surface area contributed by atoms with Crippen LogP contribution in [0.2, 0.25) is 0 Å². The van der Waals surface area contributed by atoms with Crippen molar-refractivity contribution in [3.8, 4) is 0 Å². The lowest BCUT2D eigenvalue weighted by Gasteiger charge is -2.23. The Labute approximate surface area is 161 Å². The normalized spacial score (nSPS) is 15.1. The van der Waals surface area contributed by atoms with Gasteiger partial charge < -0.3 is 15.6 Å². The highest BCUT2D eigenvalue weighted by atomic mass is 19.3. The van der Waals surface area contributed by atoms with E-state index in [4.69, 9.17) is 0 Å². The van der Waals surface area contributed by atoms with Crippen molar-refractivity contribution in [1.29, 1.82) is 0 Å². The third-order valence-corrected chi connectivity index (χ3v) is 5.09. The Morgan fingerprint density at radius 2 is 1.75 bits per heavy atom. The summed E-state index contributed by atoms with van der Waals surface area (Å²) in [6, 6.07) is 12.8. The SMILES string of the molecule is O=C(Nc1ccc(NC2CCCCC2)cc1)c1ccc2nc(C(F)F)[nH]c2c1. The van der Waals surface area contributed by atoms with E-state index in [0.29, 0.717) is 28.3 Å². The fraction of sp³-hybridized carbons (Fsp3) is 0.333. The summed E-state index contributed by atoms with van der Waals surface area (Å²) in [7, 11) is 0. The minimum atomic E-state index is -2.68. The Kier molecular flexibility index (Phi) is 5.23. The number of imidazole rings is 1. The first kappa shape index (κ1) is 18.4. The van der Waals surface area contributed by atoms with Gasteiger partial charge >= 0.3 is 0 Å². The number of benzene rings is 2. The summed E-state index contributed by atoms with van der Waals surface area (Å²) in [5, 5.41) is 6.37. The Morgan fingerprint density at radius 1 is 1.04 bits per heavy atom. The Hall–Kier alpha value is -2.96. The third kappa shape index (κ3) is 4.13. The van der Waals surface area contributed by atoms with Crippen LogP contribution >= 0.6 is 0 Å². The maximum atomic E-state index is 12.8. The number of aromatic amines is 1. The molecule has 4 rings (SSSR count). The molecule has 28 heavy (non-hydrogen) atoms. The van der Waals surface area contributed by atoms with E-state index >= 15 is 0 Å². The van der Waals surface area contributed by atoms with Gasteiger partial charge in [0.15, 0.2) is 5.82 Å². The highest BCUT2D eigenvalue weighted by Crippen LogP contribution is 2.24. The zero-order valence-corrected chi connectivity index (χ0v) is 15.3. The molecule has 7 heteroatoms. The molecule has 3 N–H and O–H groups in total. The molecular weight excluding hydrogens is 362 g/mol. The largest absolute Gasteiger partial charge is 0.382 e. The van der Waals surface area contributed by atoms with Crippen molar-refractivity contribution in [2.45, 2.75) is 44.6 Å². The molecule has 0 atom stereocenters. The molecule has 1 saturated carbocycles. The van der Waals surface area contributed by atoms with Gasteiger partial charge in [-0.2, -0.15) is 0 Å². The van der Waals surface area contributed by atoms with E-state index in [2.05, 4.69) is 20.6 Å². The van der Waals surface area contributed by atoms with Crippen LogP contribution in [-0.4, -0.2) is 21.9 Å². The number of hydrogen-bond acceptors (Lipinski definition) is 3. The lowest BCUT2D eigenvalue weighted by Crippen LogP contribution is -2.22. The molecule has 0 bridgehead atoms. The highest BCUT2D eigenvalue weighted by Gasteiger charge is 2.15. The third-order valence-electron chi connectivity index (χ3n) is 5.09. The molecule has 0 saturated heterocycles. The van der Waals surface area contributed by atoms with Crippen molar-refractivity contribution in [3.05, 3.63) is 53.9 Å². The van der Waals surface area contributed by atoms with Crippen LogP contribution in [0.25, 0.3) is 11.0 Å². The maximum absolute atomic E-state index is 12.8. The van der Waals surface area contributed by atoms with Crippen molar-refractivity contribution >= 4 is 28.3 Å². The number of carbonyl (C=O) groups excluding carboxylic acids is 1. The van der Waals surface area contributed by atoms with Gasteiger partial charge in [0.25, 0.3) is 12.3 Å². The predicted octanol–water partition coefficient (Wildman–Crippen LogP) is 5.50. The Balaban J connectivity index is 1.42. The topological polar surface area (TPSA) is 69.8 Å². The van der Waals surface area contributed by atoms with Crippen LogP contribution in [0.15, 0.2) is 42.5 Å². The van der Waals surface area contributed by atoms with Gasteiger partial charge in [-0.05, 0) is 55.3 Å². The first-order valence-corrected chi connectivity index (χ1v) is 9.54. The standard InChI is InChI=1S/C21H22F2N4O/c22-19(23)20-26-17-11-6-13(12-18(17)27-20)21(28)25-16-9-7-15(8-10-16)24-14-4-2-1-3-5-14/h6-12,14,19,24H,1-5H2,(H,25,28)(H,26,27). The summed E-state index contributed by atoms with van der Waals surface area (Å²) in [5.41, 5.74) is 2.92. The molecule has 1 aliphatic rings. The van der Waals surface area contributed by atoms with Crippen molar-refractivity contribution in [3.63, 3.8) is 0 Å². The maximum Gasteiger partial charge on any atom is 0.295 e. The molecule has 146 valence electrons. The van der Waals surface area contributed by atoms with Crippen molar-refractivity contribution in [1.82, 2.24) is 9.97 Å². The molecule has 0 unspecified atom stereocenters. The van der Waals surface area contributed by atoms with Gasteiger partial charge in [0.05, 0.1) is 11.0 Å². The van der Waals surface area contributed by atoms with E-state index in [1.807, 2.05) is 24.3 Å². The lowest BCUT2D eigenvalue weighted by atomic mass is 9.95. The fourth-order valence-corrected chi connectivity index (χ4v) is 3.61. The van der Waals surface area contributed by atoms with Crippen LogP contribution in [0.1, 0.15) is 54.7 Å². The average Bonchev–Trinajstić information content (AvgIpc) is 3.14. The zero-order valence-electron chi connectivity index (χ0n) is 15.3. The summed E-state index contributed by atoms with van der Waals surface area (Å²) in [4.78, 5) is 18.9. The van der Waals surface area contributed by atoms with Crippen LogP contribution in [0, 0.1) is 0 Å². The molecule has 0 spiro atoms. The molecule has 0 aliphatic heterocycles. The van der Waals surface area contributed by atoms with Crippen LogP contribution in [0.4, 0.5) is 20.2 Å². The Morgan fingerprint density at radius 3 is 2.46 bits per heavy atom. The van der Waals surface area contributed by atoms with E-state index in [1.54, 1.807) is 12.1 Å². The van der Waals surface area contributed by atoms with Crippen molar-refractivity contribution in [2.75, 3.05) is 10.6 Å². The van der Waals surface area contributed by atoms with Gasteiger partial charge in [-0.25, -0.2) is 13.8 Å². The lowest BCUT2D eigenvalue weighted by molar-refractivity contribution is 0.102. The number of rotatable bonds is 5. The number of amides is 1. The molecular formula is C21H22F2N4O. The number of aromatic nitrogens is 2. The molecule has 0 radical (unpaired) electrons. The number of fused-ring (bicyclic) bond motifs is 1. The van der Waals surface area contributed by atoms with Crippen LogP contribution < -0.4 is 10.6 Å². The number of carbonyl (C=O) groups is 1. The van der Waals surface area contributed by atoms with Gasteiger partial charge in [0.1, 0.15) is 0 Å². The van der Waals surface area contributed by atoms with E-state index < -0.39 is 12.2 Å². The summed E-state index contributed by atoms with van der Waals surface area (Å²) in [6.07, 6.45) is 3.57. The van der Waals surface area contributed by atoms with Gasteiger partial charge in [0.2, 0.25) is 0 Å². The monoisotopic (exact) mass is 384 g/mol. The summed E-state index contributed by atoms with van der Waals surface area (Å²) in [5.74, 6) is -0.698. The second-order valence-electron chi connectivity index (χ2n) is 7.17. The minimum Gasteiger partial charge on any atom is -0.382 e. The number of anilines is 2. The van der Waals surface area contributed by atoms with E-state index in [9.17, 15) is 13.6 Å². The predicted molar refractivity (Wildman–Crippen MR) is 106 cm³/mol. The second-order valence-corrected chi connectivity index (χ2v) is 7.17. The number of halogens is 2. The quantitative estimate of drug-likeness (QED) is 0.544. The minimum absolute atomic E-state index is 0.303. The average molecular weight is 384 g/mol. The van der Waals surface area contributed by atoms with E-state index in [0.717, 1.165) is 5.69 Å².